The molecule has 1 saturated heterocycles. The van der Waals surface area contributed by atoms with Gasteiger partial charge in [0.25, 0.3) is 5.91 Å². The van der Waals surface area contributed by atoms with Crippen molar-refractivity contribution in [3.8, 4) is 5.75 Å². The molecular formula is C18H25N5O2. The molecule has 1 aliphatic heterocycles. The molecule has 2 aromatic rings. The van der Waals surface area contributed by atoms with Gasteiger partial charge < -0.3 is 14.5 Å². The number of aromatic nitrogens is 3. The molecule has 0 aromatic carbocycles. The Balaban J connectivity index is 1.71. The monoisotopic (exact) mass is 343 g/mol. The molecule has 3 rings (SSSR count). The van der Waals surface area contributed by atoms with Crippen molar-refractivity contribution >= 4 is 11.7 Å². The molecular weight excluding hydrogens is 318 g/mol. The first kappa shape index (κ1) is 17.3. The van der Waals surface area contributed by atoms with Crippen molar-refractivity contribution in [1.29, 1.82) is 0 Å². The second-order valence-corrected chi connectivity index (χ2v) is 6.67. The van der Waals surface area contributed by atoms with Gasteiger partial charge in [-0.15, -0.1) is 0 Å². The largest absolute Gasteiger partial charge is 0.485 e. The summed E-state index contributed by atoms with van der Waals surface area (Å²) >= 11 is 0. The maximum Gasteiger partial charge on any atom is 0.257 e. The zero-order valence-electron chi connectivity index (χ0n) is 15.5. The minimum Gasteiger partial charge on any atom is -0.485 e. The summed E-state index contributed by atoms with van der Waals surface area (Å²) in [5.74, 6) is 1.58. The van der Waals surface area contributed by atoms with Crippen LogP contribution in [0.1, 0.15) is 28.2 Å². The lowest BCUT2D eigenvalue weighted by atomic mass is 10.2. The fourth-order valence-electron chi connectivity index (χ4n) is 3.24. The van der Waals surface area contributed by atoms with E-state index in [9.17, 15) is 4.79 Å². The Morgan fingerprint density at radius 1 is 1.36 bits per heavy atom. The molecule has 0 radical (unpaired) electrons. The van der Waals surface area contributed by atoms with E-state index in [0.717, 1.165) is 29.4 Å². The number of rotatable bonds is 4. The van der Waals surface area contributed by atoms with E-state index in [1.54, 1.807) is 10.9 Å². The van der Waals surface area contributed by atoms with Gasteiger partial charge in [-0.25, -0.2) is 4.98 Å². The SMILES string of the molecule is Cc1nn(C)c(C)c1C(=O)N1CCC(Oc2cccnc2N(C)C)C1. The molecule has 3 heterocycles. The van der Waals surface area contributed by atoms with E-state index in [1.807, 2.05) is 56.9 Å². The third-order valence-electron chi connectivity index (χ3n) is 4.62. The summed E-state index contributed by atoms with van der Waals surface area (Å²) in [5.41, 5.74) is 2.38. The number of likely N-dealkylation sites (tertiary alicyclic amines) is 1. The predicted octanol–water partition coefficient (Wildman–Crippen LogP) is 1.79. The Kier molecular flexibility index (Phi) is 4.65. The lowest BCUT2D eigenvalue weighted by Crippen LogP contribution is -2.31. The molecule has 25 heavy (non-hydrogen) atoms. The molecule has 0 aliphatic carbocycles. The molecule has 1 aliphatic rings. The molecule has 1 atom stereocenters. The minimum absolute atomic E-state index is 0.0240. The van der Waals surface area contributed by atoms with Crippen molar-refractivity contribution in [2.75, 3.05) is 32.1 Å². The van der Waals surface area contributed by atoms with Crippen molar-refractivity contribution in [1.82, 2.24) is 19.7 Å². The van der Waals surface area contributed by atoms with Crippen molar-refractivity contribution in [3.63, 3.8) is 0 Å². The van der Waals surface area contributed by atoms with Gasteiger partial charge in [-0.05, 0) is 26.0 Å². The van der Waals surface area contributed by atoms with Crippen LogP contribution in [-0.4, -0.2) is 58.9 Å². The Hall–Kier alpha value is -2.57. The minimum atomic E-state index is -0.0240. The molecule has 0 N–H and O–H groups in total. The number of aryl methyl sites for hydroxylation is 2. The summed E-state index contributed by atoms with van der Waals surface area (Å²) in [6.07, 6.45) is 2.54. The molecule has 2 aromatic heterocycles. The van der Waals surface area contributed by atoms with Gasteiger partial charge in [-0.2, -0.15) is 5.10 Å². The van der Waals surface area contributed by atoms with Crippen molar-refractivity contribution in [2.45, 2.75) is 26.4 Å². The number of amides is 1. The van der Waals surface area contributed by atoms with Gasteiger partial charge in [0.15, 0.2) is 11.6 Å². The fourth-order valence-corrected chi connectivity index (χ4v) is 3.24. The lowest BCUT2D eigenvalue weighted by molar-refractivity contribution is 0.0771. The Morgan fingerprint density at radius 2 is 2.12 bits per heavy atom. The average Bonchev–Trinajstić information content (AvgIpc) is 3.12. The molecule has 7 nitrogen and oxygen atoms in total. The smallest absolute Gasteiger partial charge is 0.257 e. The lowest BCUT2D eigenvalue weighted by Gasteiger charge is -2.20. The van der Waals surface area contributed by atoms with Crippen LogP contribution in [0.5, 0.6) is 5.75 Å². The van der Waals surface area contributed by atoms with Crippen molar-refractivity contribution < 1.29 is 9.53 Å². The van der Waals surface area contributed by atoms with Crippen LogP contribution in [0.2, 0.25) is 0 Å². The number of carbonyl (C=O) groups is 1. The van der Waals surface area contributed by atoms with Crippen LogP contribution in [0.15, 0.2) is 18.3 Å². The number of anilines is 1. The highest BCUT2D eigenvalue weighted by Gasteiger charge is 2.31. The van der Waals surface area contributed by atoms with E-state index in [0.29, 0.717) is 18.7 Å². The van der Waals surface area contributed by atoms with Crippen LogP contribution in [0.4, 0.5) is 5.82 Å². The van der Waals surface area contributed by atoms with Gasteiger partial charge in [0, 0.05) is 46.0 Å². The Labute approximate surface area is 148 Å². The number of pyridine rings is 1. The van der Waals surface area contributed by atoms with Gasteiger partial charge in [0.1, 0.15) is 6.10 Å². The molecule has 0 bridgehead atoms. The maximum atomic E-state index is 12.9. The standard InChI is InChI=1S/C18H25N5O2/c1-12-16(13(2)22(5)20-12)18(24)23-10-8-14(11-23)25-15-7-6-9-19-17(15)21(3)4/h6-7,9,14H,8,10-11H2,1-5H3. The van der Waals surface area contributed by atoms with E-state index >= 15 is 0 Å². The normalized spacial score (nSPS) is 17.0. The van der Waals surface area contributed by atoms with Crippen LogP contribution in [-0.2, 0) is 7.05 Å². The summed E-state index contributed by atoms with van der Waals surface area (Å²) in [7, 11) is 5.74. The third-order valence-corrected chi connectivity index (χ3v) is 4.62. The molecule has 1 amide bonds. The predicted molar refractivity (Wildman–Crippen MR) is 96.2 cm³/mol. The summed E-state index contributed by atoms with van der Waals surface area (Å²) in [6, 6.07) is 3.78. The van der Waals surface area contributed by atoms with Gasteiger partial charge in [0.2, 0.25) is 0 Å². The molecule has 134 valence electrons. The summed E-state index contributed by atoms with van der Waals surface area (Å²) < 4.78 is 7.89. The van der Waals surface area contributed by atoms with E-state index in [-0.39, 0.29) is 12.0 Å². The van der Waals surface area contributed by atoms with Gasteiger partial charge in [-0.1, -0.05) is 0 Å². The highest BCUT2D eigenvalue weighted by Crippen LogP contribution is 2.27. The summed E-state index contributed by atoms with van der Waals surface area (Å²) in [6.45, 7) is 5.07. The number of carbonyl (C=O) groups excluding carboxylic acids is 1. The zero-order chi connectivity index (χ0) is 18.1. The summed E-state index contributed by atoms with van der Waals surface area (Å²) in [5, 5.41) is 4.34. The quantitative estimate of drug-likeness (QED) is 0.847. The van der Waals surface area contributed by atoms with Crippen LogP contribution >= 0.6 is 0 Å². The van der Waals surface area contributed by atoms with Crippen LogP contribution in [0.3, 0.4) is 0 Å². The first-order chi connectivity index (χ1) is 11.9. The third kappa shape index (κ3) is 3.31. The maximum absolute atomic E-state index is 12.9. The van der Waals surface area contributed by atoms with Gasteiger partial charge in [0.05, 0.1) is 17.8 Å². The Morgan fingerprint density at radius 3 is 2.76 bits per heavy atom. The second kappa shape index (κ2) is 6.74. The Bertz CT molecular complexity index is 784. The number of hydrogen-bond donors (Lipinski definition) is 0. The van der Waals surface area contributed by atoms with E-state index in [4.69, 9.17) is 4.74 Å². The first-order valence-corrected chi connectivity index (χ1v) is 8.47. The summed E-state index contributed by atoms with van der Waals surface area (Å²) in [4.78, 5) is 21.0. The highest BCUT2D eigenvalue weighted by molar-refractivity contribution is 5.96. The zero-order valence-corrected chi connectivity index (χ0v) is 15.5. The molecule has 7 heteroatoms. The number of nitrogens with zero attached hydrogens (tertiary/aromatic N) is 5. The van der Waals surface area contributed by atoms with Crippen LogP contribution < -0.4 is 9.64 Å². The van der Waals surface area contributed by atoms with Crippen LogP contribution in [0, 0.1) is 13.8 Å². The number of hydrogen-bond acceptors (Lipinski definition) is 5. The molecule has 1 fully saturated rings. The fraction of sp³-hybridized carbons (Fsp3) is 0.500. The number of ether oxygens (including phenoxy) is 1. The molecule has 0 spiro atoms. The average molecular weight is 343 g/mol. The van der Waals surface area contributed by atoms with Crippen LogP contribution in [0.25, 0.3) is 0 Å². The highest BCUT2D eigenvalue weighted by atomic mass is 16.5. The first-order valence-electron chi connectivity index (χ1n) is 8.47. The van der Waals surface area contributed by atoms with Crippen molar-refractivity contribution in [3.05, 3.63) is 35.3 Å². The molecule has 1 unspecified atom stereocenters. The van der Waals surface area contributed by atoms with Gasteiger partial charge in [-0.3, -0.25) is 9.48 Å². The van der Waals surface area contributed by atoms with Gasteiger partial charge >= 0.3 is 0 Å². The topological polar surface area (TPSA) is 63.5 Å². The second-order valence-electron chi connectivity index (χ2n) is 6.67. The van der Waals surface area contributed by atoms with E-state index in [1.165, 1.54) is 0 Å². The molecule has 0 saturated carbocycles. The van der Waals surface area contributed by atoms with E-state index < -0.39 is 0 Å². The van der Waals surface area contributed by atoms with E-state index in [2.05, 4.69) is 10.1 Å². The van der Waals surface area contributed by atoms with Crippen molar-refractivity contribution in [2.24, 2.45) is 7.05 Å².